The number of rotatable bonds is 5. The second-order valence-electron chi connectivity index (χ2n) is 4.61. The Morgan fingerprint density at radius 1 is 1.47 bits per heavy atom. The number of aliphatic hydroxyl groups excluding tert-OH is 1. The van der Waals surface area contributed by atoms with Gasteiger partial charge in [-0.2, -0.15) is 0 Å². The first-order valence-corrected chi connectivity index (χ1v) is 6.25. The molecular weight excluding hydrogens is 238 g/mol. The maximum absolute atomic E-state index is 9.34. The van der Waals surface area contributed by atoms with Gasteiger partial charge in [0.2, 0.25) is 0 Å². The number of halogens is 1. The molecule has 1 saturated carbocycles. The van der Waals surface area contributed by atoms with Crippen molar-refractivity contribution in [3.8, 4) is 5.75 Å². The molecule has 1 fully saturated rings. The molecule has 94 valence electrons. The van der Waals surface area contributed by atoms with Crippen LogP contribution >= 0.6 is 11.6 Å². The van der Waals surface area contributed by atoms with E-state index in [-0.39, 0.29) is 12.1 Å². The van der Waals surface area contributed by atoms with Crippen molar-refractivity contribution in [2.45, 2.75) is 31.3 Å². The van der Waals surface area contributed by atoms with Crippen molar-refractivity contribution in [2.24, 2.45) is 0 Å². The van der Waals surface area contributed by atoms with E-state index in [9.17, 15) is 5.11 Å². The van der Waals surface area contributed by atoms with Gasteiger partial charge in [0.25, 0.3) is 0 Å². The van der Waals surface area contributed by atoms with Crippen LogP contribution in [0.15, 0.2) is 18.2 Å². The third-order valence-electron chi connectivity index (χ3n) is 3.50. The van der Waals surface area contributed by atoms with E-state index in [2.05, 4.69) is 5.32 Å². The van der Waals surface area contributed by atoms with Gasteiger partial charge >= 0.3 is 0 Å². The van der Waals surface area contributed by atoms with Gasteiger partial charge in [-0.3, -0.25) is 0 Å². The zero-order chi connectivity index (χ0) is 12.3. The van der Waals surface area contributed by atoms with Crippen LogP contribution in [0.3, 0.4) is 0 Å². The van der Waals surface area contributed by atoms with Crippen molar-refractivity contribution in [1.82, 2.24) is 5.32 Å². The van der Waals surface area contributed by atoms with Crippen LogP contribution in [0.25, 0.3) is 0 Å². The highest BCUT2D eigenvalue weighted by Crippen LogP contribution is 2.32. The van der Waals surface area contributed by atoms with Crippen molar-refractivity contribution >= 4 is 11.6 Å². The van der Waals surface area contributed by atoms with Crippen LogP contribution in [0.2, 0.25) is 5.02 Å². The van der Waals surface area contributed by atoms with Gasteiger partial charge in [-0.1, -0.05) is 17.7 Å². The molecular formula is C13H18ClNO2. The minimum Gasteiger partial charge on any atom is -0.495 e. The molecule has 0 atom stereocenters. The fourth-order valence-electron chi connectivity index (χ4n) is 2.10. The minimum absolute atomic E-state index is 0.0631. The highest BCUT2D eigenvalue weighted by atomic mass is 35.5. The zero-order valence-corrected chi connectivity index (χ0v) is 10.8. The third-order valence-corrected chi connectivity index (χ3v) is 3.79. The van der Waals surface area contributed by atoms with Gasteiger partial charge in [-0.05, 0) is 37.0 Å². The van der Waals surface area contributed by atoms with E-state index in [0.29, 0.717) is 10.8 Å². The molecule has 0 spiro atoms. The molecule has 0 aromatic heterocycles. The highest BCUT2D eigenvalue weighted by Gasteiger charge is 2.35. The van der Waals surface area contributed by atoms with E-state index in [0.717, 1.165) is 24.9 Å². The van der Waals surface area contributed by atoms with Crippen molar-refractivity contribution in [1.29, 1.82) is 0 Å². The van der Waals surface area contributed by atoms with Crippen molar-refractivity contribution in [3.63, 3.8) is 0 Å². The molecule has 0 aliphatic heterocycles. The third kappa shape index (κ3) is 2.73. The highest BCUT2D eigenvalue weighted by molar-refractivity contribution is 6.32. The normalized spacial score (nSPS) is 17.6. The summed E-state index contributed by atoms with van der Waals surface area (Å²) in [5.74, 6) is 0.691. The minimum atomic E-state index is -0.0631. The molecule has 0 saturated heterocycles. The number of methoxy groups -OCH3 is 1. The number of benzene rings is 1. The van der Waals surface area contributed by atoms with Crippen molar-refractivity contribution in [2.75, 3.05) is 13.7 Å². The first kappa shape index (κ1) is 12.7. The zero-order valence-electron chi connectivity index (χ0n) is 10.0. The lowest BCUT2D eigenvalue weighted by Crippen LogP contribution is -2.53. The summed E-state index contributed by atoms with van der Waals surface area (Å²) in [6, 6.07) is 5.75. The molecule has 3 nitrogen and oxygen atoms in total. The average molecular weight is 256 g/mol. The number of aliphatic hydroxyl groups is 1. The quantitative estimate of drug-likeness (QED) is 0.849. The van der Waals surface area contributed by atoms with Crippen molar-refractivity contribution < 1.29 is 9.84 Å². The first-order valence-electron chi connectivity index (χ1n) is 5.87. The Morgan fingerprint density at radius 3 is 2.71 bits per heavy atom. The Labute approximate surface area is 107 Å². The van der Waals surface area contributed by atoms with E-state index >= 15 is 0 Å². The predicted octanol–water partition coefficient (Wildman–Crippen LogP) is 2.35. The summed E-state index contributed by atoms with van der Waals surface area (Å²) in [4.78, 5) is 0. The maximum atomic E-state index is 9.34. The maximum Gasteiger partial charge on any atom is 0.137 e. The second-order valence-corrected chi connectivity index (χ2v) is 5.02. The predicted molar refractivity (Wildman–Crippen MR) is 68.5 cm³/mol. The summed E-state index contributed by atoms with van der Waals surface area (Å²) >= 11 is 6.06. The molecule has 1 aromatic carbocycles. The molecule has 1 aliphatic rings. The Kier molecular flexibility index (Phi) is 3.92. The summed E-state index contributed by atoms with van der Waals surface area (Å²) in [6.07, 6.45) is 3.29. The molecule has 2 N–H and O–H groups in total. The summed E-state index contributed by atoms with van der Waals surface area (Å²) < 4.78 is 5.11. The van der Waals surface area contributed by atoms with Gasteiger partial charge in [-0.15, -0.1) is 0 Å². The second kappa shape index (κ2) is 5.25. The number of ether oxygens (including phenoxy) is 1. The fourth-order valence-corrected chi connectivity index (χ4v) is 2.38. The first-order chi connectivity index (χ1) is 8.19. The van der Waals surface area contributed by atoms with E-state index in [1.54, 1.807) is 7.11 Å². The molecule has 0 unspecified atom stereocenters. The van der Waals surface area contributed by atoms with E-state index < -0.39 is 0 Å². The van der Waals surface area contributed by atoms with Gasteiger partial charge in [-0.25, -0.2) is 0 Å². The molecule has 1 aliphatic carbocycles. The molecule has 0 radical (unpaired) electrons. The molecule has 0 amide bonds. The Balaban J connectivity index is 1.97. The van der Waals surface area contributed by atoms with Gasteiger partial charge in [0, 0.05) is 12.1 Å². The Bertz CT molecular complexity index is 385. The van der Waals surface area contributed by atoms with Crippen molar-refractivity contribution in [3.05, 3.63) is 28.8 Å². The number of hydrogen-bond acceptors (Lipinski definition) is 3. The van der Waals surface area contributed by atoms with Gasteiger partial charge in [0.1, 0.15) is 5.75 Å². The fraction of sp³-hybridized carbons (Fsp3) is 0.538. The standard InChI is InChI=1S/C13H18ClNO2/c1-17-12-4-3-10(7-11(12)14)8-15-13(9-16)5-2-6-13/h3-4,7,15-16H,2,5-6,8-9H2,1H3. The molecule has 0 heterocycles. The molecule has 17 heavy (non-hydrogen) atoms. The van der Waals surface area contributed by atoms with E-state index in [1.807, 2.05) is 18.2 Å². The lowest BCUT2D eigenvalue weighted by molar-refractivity contribution is 0.0872. The van der Waals surface area contributed by atoms with Gasteiger partial charge in [0.15, 0.2) is 0 Å². The van der Waals surface area contributed by atoms with Crippen LogP contribution < -0.4 is 10.1 Å². The molecule has 1 aromatic rings. The number of hydrogen-bond donors (Lipinski definition) is 2. The van der Waals surface area contributed by atoms with Crippen LogP contribution in [-0.4, -0.2) is 24.4 Å². The topological polar surface area (TPSA) is 41.5 Å². The molecule has 0 bridgehead atoms. The van der Waals surface area contributed by atoms with Gasteiger partial charge < -0.3 is 15.2 Å². The van der Waals surface area contributed by atoms with E-state index in [4.69, 9.17) is 16.3 Å². The smallest absolute Gasteiger partial charge is 0.137 e. The summed E-state index contributed by atoms with van der Waals surface area (Å²) in [7, 11) is 1.61. The summed E-state index contributed by atoms with van der Waals surface area (Å²) in [5.41, 5.74) is 1.04. The Morgan fingerprint density at radius 2 is 2.24 bits per heavy atom. The van der Waals surface area contributed by atoms with Gasteiger partial charge in [0.05, 0.1) is 18.7 Å². The summed E-state index contributed by atoms with van der Waals surface area (Å²) in [6.45, 7) is 0.932. The lowest BCUT2D eigenvalue weighted by atomic mass is 9.77. The molecule has 2 rings (SSSR count). The monoisotopic (exact) mass is 255 g/mol. The van der Waals surface area contributed by atoms with Crippen LogP contribution in [0, 0.1) is 0 Å². The van der Waals surface area contributed by atoms with Crippen LogP contribution in [0.5, 0.6) is 5.75 Å². The number of nitrogens with one attached hydrogen (secondary N) is 1. The average Bonchev–Trinajstić information content (AvgIpc) is 2.28. The molecule has 4 heteroatoms. The lowest BCUT2D eigenvalue weighted by Gasteiger charge is -2.41. The largest absolute Gasteiger partial charge is 0.495 e. The van der Waals surface area contributed by atoms with Crippen LogP contribution in [-0.2, 0) is 6.54 Å². The summed E-state index contributed by atoms with van der Waals surface area (Å²) in [5, 5.41) is 13.4. The van der Waals surface area contributed by atoms with Crippen LogP contribution in [0.1, 0.15) is 24.8 Å². The van der Waals surface area contributed by atoms with E-state index in [1.165, 1.54) is 6.42 Å². The Hall–Kier alpha value is -0.770. The van der Waals surface area contributed by atoms with Crippen LogP contribution in [0.4, 0.5) is 0 Å². The SMILES string of the molecule is COc1ccc(CNC2(CO)CCC2)cc1Cl.